The molecule has 0 saturated heterocycles. The van der Waals surface area contributed by atoms with E-state index in [1.165, 1.54) is 0 Å². The van der Waals surface area contributed by atoms with E-state index in [0.717, 1.165) is 6.33 Å². The molecule has 0 spiro atoms. The average molecular weight is 385 g/mol. The van der Waals surface area contributed by atoms with Crippen LogP contribution in [-0.4, -0.2) is 20.8 Å². The van der Waals surface area contributed by atoms with Gasteiger partial charge in [-0.3, -0.25) is 25.8 Å². The fourth-order valence-electron chi connectivity index (χ4n) is 2.18. The number of hydrogen-bond acceptors (Lipinski definition) is 7. The van der Waals surface area contributed by atoms with Crippen molar-refractivity contribution in [2.45, 2.75) is 0 Å². The Hall–Kier alpha value is -3.72. The highest BCUT2D eigenvalue weighted by molar-refractivity contribution is 6.30. The van der Waals surface area contributed by atoms with Crippen molar-refractivity contribution in [1.29, 1.82) is 0 Å². The molecule has 0 aliphatic heterocycles. The molecule has 0 radical (unpaired) electrons. The van der Waals surface area contributed by atoms with Gasteiger partial charge in [0.2, 0.25) is 11.6 Å². The lowest BCUT2D eigenvalue weighted by Gasteiger charge is -2.11. The van der Waals surface area contributed by atoms with Crippen LogP contribution in [-0.2, 0) is 0 Å². The van der Waals surface area contributed by atoms with Gasteiger partial charge >= 0.3 is 5.69 Å². The van der Waals surface area contributed by atoms with Crippen LogP contribution >= 0.6 is 11.6 Å². The molecule has 1 amide bonds. The summed E-state index contributed by atoms with van der Waals surface area (Å²) in [4.78, 5) is 30.7. The number of hydrazine groups is 1. The molecular formula is C17H13ClN6O3. The maximum atomic E-state index is 12.1. The van der Waals surface area contributed by atoms with Crippen LogP contribution in [0, 0.1) is 10.1 Å². The van der Waals surface area contributed by atoms with Crippen LogP contribution in [0.1, 0.15) is 10.4 Å². The quantitative estimate of drug-likeness (QED) is 0.438. The Morgan fingerprint density at radius 1 is 1.00 bits per heavy atom. The summed E-state index contributed by atoms with van der Waals surface area (Å²) < 4.78 is 0. The molecule has 0 aliphatic carbocycles. The van der Waals surface area contributed by atoms with Gasteiger partial charge in [0.1, 0.15) is 6.33 Å². The normalized spacial score (nSPS) is 10.1. The lowest BCUT2D eigenvalue weighted by Crippen LogP contribution is -2.30. The molecule has 0 atom stereocenters. The molecular weight excluding hydrogens is 372 g/mol. The molecule has 3 rings (SSSR count). The summed E-state index contributed by atoms with van der Waals surface area (Å²) in [5.41, 5.74) is 5.38. The number of benzene rings is 2. The first-order valence-corrected chi connectivity index (χ1v) is 8.06. The molecule has 0 unspecified atom stereocenters. The predicted octanol–water partition coefficient (Wildman–Crippen LogP) is 3.54. The number of halogens is 1. The van der Waals surface area contributed by atoms with E-state index in [-0.39, 0.29) is 11.6 Å². The second kappa shape index (κ2) is 8.11. The number of hydrogen-bond donors (Lipinski definition) is 3. The van der Waals surface area contributed by atoms with E-state index in [2.05, 4.69) is 26.1 Å². The average Bonchev–Trinajstić information content (AvgIpc) is 2.68. The molecule has 10 heteroatoms. The fraction of sp³-hybridized carbons (Fsp3) is 0. The van der Waals surface area contributed by atoms with E-state index in [0.29, 0.717) is 16.3 Å². The Balaban J connectivity index is 1.82. The second-order valence-corrected chi connectivity index (χ2v) is 5.69. The molecule has 1 aromatic heterocycles. The van der Waals surface area contributed by atoms with Crippen molar-refractivity contribution in [3.8, 4) is 0 Å². The van der Waals surface area contributed by atoms with E-state index >= 15 is 0 Å². The lowest BCUT2D eigenvalue weighted by atomic mass is 10.2. The Morgan fingerprint density at radius 3 is 2.33 bits per heavy atom. The monoisotopic (exact) mass is 384 g/mol. The third-order valence-electron chi connectivity index (χ3n) is 3.44. The maximum absolute atomic E-state index is 12.1. The Labute approximate surface area is 158 Å². The first kappa shape index (κ1) is 18.1. The number of nitrogens with zero attached hydrogens (tertiary/aromatic N) is 3. The van der Waals surface area contributed by atoms with E-state index in [1.54, 1.807) is 54.6 Å². The molecule has 3 aromatic rings. The molecule has 27 heavy (non-hydrogen) atoms. The highest BCUT2D eigenvalue weighted by Gasteiger charge is 2.23. The second-order valence-electron chi connectivity index (χ2n) is 5.25. The van der Waals surface area contributed by atoms with Crippen molar-refractivity contribution in [3.63, 3.8) is 0 Å². The Bertz CT molecular complexity index is 966. The van der Waals surface area contributed by atoms with Gasteiger partial charge in [-0.15, -0.1) is 0 Å². The van der Waals surface area contributed by atoms with Gasteiger partial charge in [-0.2, -0.15) is 0 Å². The highest BCUT2D eigenvalue weighted by atomic mass is 35.5. The van der Waals surface area contributed by atoms with E-state index < -0.39 is 16.5 Å². The van der Waals surface area contributed by atoms with Crippen molar-refractivity contribution in [2.24, 2.45) is 0 Å². The van der Waals surface area contributed by atoms with Gasteiger partial charge in [0.25, 0.3) is 5.91 Å². The maximum Gasteiger partial charge on any atom is 0.355 e. The number of aromatic nitrogens is 2. The molecule has 3 N–H and O–H groups in total. The molecule has 136 valence electrons. The minimum atomic E-state index is -0.644. The number of rotatable bonds is 6. The number of amides is 1. The molecule has 0 bridgehead atoms. The van der Waals surface area contributed by atoms with E-state index in [1.807, 2.05) is 0 Å². The molecule has 0 fully saturated rings. The number of nitro groups is 1. The summed E-state index contributed by atoms with van der Waals surface area (Å²) in [5.74, 6) is -0.653. The molecule has 2 aromatic carbocycles. The molecule has 0 saturated carbocycles. The van der Waals surface area contributed by atoms with Gasteiger partial charge in [-0.05, 0) is 36.4 Å². The van der Waals surface area contributed by atoms with E-state index in [9.17, 15) is 14.9 Å². The number of nitrogens with one attached hydrogen (secondary N) is 3. The predicted molar refractivity (Wildman–Crippen MR) is 101 cm³/mol. The van der Waals surface area contributed by atoms with Gasteiger partial charge in [0.05, 0.1) is 4.92 Å². The third-order valence-corrected chi connectivity index (χ3v) is 3.69. The fourth-order valence-corrected chi connectivity index (χ4v) is 2.31. The number of anilines is 3. The standard InChI is InChI=1S/C17H13ClN6O3/c18-12-6-8-13(9-7-12)21-15-14(24(26)27)16(20-10-19-15)22-23-17(25)11-4-2-1-3-5-11/h1-10H,(H,23,25)(H2,19,20,21,22). The van der Waals surface area contributed by atoms with Gasteiger partial charge < -0.3 is 5.32 Å². The summed E-state index contributed by atoms with van der Waals surface area (Å²) >= 11 is 5.83. The van der Waals surface area contributed by atoms with Crippen LogP contribution in [0.15, 0.2) is 60.9 Å². The minimum Gasteiger partial charge on any atom is -0.334 e. The van der Waals surface area contributed by atoms with Crippen molar-refractivity contribution < 1.29 is 9.72 Å². The van der Waals surface area contributed by atoms with Crippen molar-refractivity contribution in [2.75, 3.05) is 10.7 Å². The summed E-state index contributed by atoms with van der Waals surface area (Å²) in [7, 11) is 0. The van der Waals surface area contributed by atoms with Gasteiger partial charge in [-0.1, -0.05) is 29.8 Å². The summed E-state index contributed by atoms with van der Waals surface area (Å²) in [5, 5.41) is 14.9. The smallest absolute Gasteiger partial charge is 0.334 e. The third kappa shape index (κ3) is 4.47. The van der Waals surface area contributed by atoms with Crippen molar-refractivity contribution >= 4 is 40.5 Å². The Kier molecular flexibility index (Phi) is 5.43. The molecule has 9 nitrogen and oxygen atoms in total. The first-order valence-electron chi connectivity index (χ1n) is 7.68. The highest BCUT2D eigenvalue weighted by Crippen LogP contribution is 2.31. The van der Waals surface area contributed by atoms with Gasteiger partial charge in [0, 0.05) is 16.3 Å². The number of carbonyl (C=O) groups excluding carboxylic acids is 1. The summed E-state index contributed by atoms with van der Waals surface area (Å²) in [6, 6.07) is 15.0. The Morgan fingerprint density at radius 2 is 1.67 bits per heavy atom. The van der Waals surface area contributed by atoms with Gasteiger partial charge in [-0.25, -0.2) is 9.97 Å². The zero-order valence-electron chi connectivity index (χ0n) is 13.7. The van der Waals surface area contributed by atoms with Gasteiger partial charge in [0.15, 0.2) is 0 Å². The lowest BCUT2D eigenvalue weighted by molar-refractivity contribution is -0.383. The van der Waals surface area contributed by atoms with Crippen LogP contribution in [0.5, 0.6) is 0 Å². The van der Waals surface area contributed by atoms with Crippen LogP contribution in [0.25, 0.3) is 0 Å². The van der Waals surface area contributed by atoms with Crippen molar-refractivity contribution in [1.82, 2.24) is 15.4 Å². The minimum absolute atomic E-state index is 0.0335. The van der Waals surface area contributed by atoms with E-state index in [4.69, 9.17) is 11.6 Å². The van der Waals surface area contributed by atoms with Crippen LogP contribution in [0.4, 0.5) is 23.0 Å². The molecule has 0 aliphatic rings. The summed E-state index contributed by atoms with van der Waals surface area (Å²) in [6.07, 6.45) is 1.14. The van der Waals surface area contributed by atoms with Crippen molar-refractivity contribution in [3.05, 3.63) is 81.6 Å². The SMILES string of the molecule is O=C(NNc1ncnc(Nc2ccc(Cl)cc2)c1[N+](=O)[O-])c1ccccc1. The largest absolute Gasteiger partial charge is 0.355 e. The number of carbonyl (C=O) groups is 1. The van der Waals surface area contributed by atoms with Crippen LogP contribution in [0.2, 0.25) is 5.02 Å². The first-order chi connectivity index (χ1) is 13.0. The summed E-state index contributed by atoms with van der Waals surface area (Å²) in [6.45, 7) is 0. The zero-order valence-corrected chi connectivity index (χ0v) is 14.5. The van der Waals surface area contributed by atoms with Crippen LogP contribution < -0.4 is 16.2 Å². The molecule has 1 heterocycles. The van der Waals surface area contributed by atoms with Crippen LogP contribution in [0.3, 0.4) is 0 Å². The topological polar surface area (TPSA) is 122 Å². The zero-order chi connectivity index (χ0) is 19.2.